The maximum absolute atomic E-state index is 12.8. The minimum absolute atomic E-state index is 0.0256. The molecule has 0 fully saturated rings. The molecule has 170 valence electrons. The van der Waals surface area contributed by atoms with E-state index in [4.69, 9.17) is 14.7 Å². The largest absolute Gasteiger partial charge is 0.482 e. The lowest BCUT2D eigenvalue weighted by atomic mass is 9.80. The van der Waals surface area contributed by atoms with Crippen molar-refractivity contribution in [2.24, 2.45) is 0 Å². The summed E-state index contributed by atoms with van der Waals surface area (Å²) < 4.78 is 5.47. The fourth-order valence-electron chi connectivity index (χ4n) is 4.37. The molecule has 3 aromatic carbocycles. The minimum atomic E-state index is -1.01. The van der Waals surface area contributed by atoms with Crippen LogP contribution < -0.4 is 10.2 Å². The number of hydroxylamine groups is 1. The summed E-state index contributed by atoms with van der Waals surface area (Å²) in [6, 6.07) is 25.2. The molecular weight excluding hydrogens is 418 g/mol. The van der Waals surface area contributed by atoms with Crippen LogP contribution in [0.25, 0.3) is 0 Å². The molecule has 3 aromatic rings. The third-order valence-corrected chi connectivity index (χ3v) is 5.87. The summed E-state index contributed by atoms with van der Waals surface area (Å²) in [7, 11) is 0. The lowest BCUT2D eigenvalue weighted by molar-refractivity contribution is -0.139. The molecule has 0 bridgehead atoms. The zero-order valence-electron chi connectivity index (χ0n) is 18.3. The molecule has 2 N–H and O–H groups in total. The Balaban J connectivity index is 1.44. The van der Waals surface area contributed by atoms with Crippen molar-refractivity contribution in [3.8, 4) is 5.75 Å². The predicted molar refractivity (Wildman–Crippen MR) is 124 cm³/mol. The third kappa shape index (κ3) is 5.79. The van der Waals surface area contributed by atoms with Crippen LogP contribution in [0, 0.1) is 0 Å². The second-order valence-electron chi connectivity index (χ2n) is 8.14. The smallest absolute Gasteiger partial charge is 0.341 e. The van der Waals surface area contributed by atoms with Crippen LogP contribution in [0.1, 0.15) is 53.5 Å². The fraction of sp³-hybridized carbons (Fsp3) is 0.259. The first-order valence-corrected chi connectivity index (χ1v) is 11.1. The van der Waals surface area contributed by atoms with E-state index in [-0.39, 0.29) is 24.9 Å². The van der Waals surface area contributed by atoms with Gasteiger partial charge in [-0.15, -0.1) is 0 Å². The Morgan fingerprint density at radius 3 is 2.24 bits per heavy atom. The van der Waals surface area contributed by atoms with Crippen molar-refractivity contribution in [1.29, 1.82) is 0 Å². The number of carboxylic acids is 1. The summed E-state index contributed by atoms with van der Waals surface area (Å²) in [6.07, 6.45) is 2.47. The molecule has 1 aliphatic rings. The van der Waals surface area contributed by atoms with Crippen molar-refractivity contribution in [2.45, 2.75) is 37.7 Å². The van der Waals surface area contributed by atoms with Gasteiger partial charge in [-0.2, -0.15) is 0 Å². The van der Waals surface area contributed by atoms with Gasteiger partial charge >= 0.3 is 5.97 Å². The highest BCUT2D eigenvalue weighted by atomic mass is 16.7. The molecule has 1 atom stereocenters. The normalized spacial score (nSPS) is 15.0. The first-order chi connectivity index (χ1) is 16.1. The molecule has 4 rings (SSSR count). The summed E-state index contributed by atoms with van der Waals surface area (Å²) in [5.74, 6) is -0.591. The number of carboxylic acid groups (broad SMARTS) is 1. The summed E-state index contributed by atoms with van der Waals surface area (Å²) in [5.41, 5.74) is 6.61. The molecule has 1 unspecified atom stereocenters. The molecule has 0 heterocycles. The Morgan fingerprint density at radius 2 is 1.61 bits per heavy atom. The Kier molecular flexibility index (Phi) is 7.37. The van der Waals surface area contributed by atoms with Crippen LogP contribution in [0.4, 0.5) is 0 Å². The van der Waals surface area contributed by atoms with Gasteiger partial charge < -0.3 is 9.84 Å². The second-order valence-corrected chi connectivity index (χ2v) is 8.14. The van der Waals surface area contributed by atoms with Crippen molar-refractivity contribution in [3.63, 3.8) is 0 Å². The molecule has 0 saturated heterocycles. The van der Waals surface area contributed by atoms with E-state index < -0.39 is 12.1 Å². The van der Waals surface area contributed by atoms with E-state index in [1.807, 2.05) is 72.8 Å². The highest BCUT2D eigenvalue weighted by Gasteiger charge is 2.26. The number of hydrogen-bond donors (Lipinski definition) is 2. The van der Waals surface area contributed by atoms with Gasteiger partial charge in [0.1, 0.15) is 11.9 Å². The van der Waals surface area contributed by atoms with Crippen LogP contribution in [-0.4, -0.2) is 23.6 Å². The number of benzene rings is 3. The van der Waals surface area contributed by atoms with Gasteiger partial charge in [-0.1, -0.05) is 72.8 Å². The summed E-state index contributed by atoms with van der Waals surface area (Å²) in [6.45, 7) is -0.379. The summed E-state index contributed by atoms with van der Waals surface area (Å²) >= 11 is 0. The highest BCUT2D eigenvalue weighted by Crippen LogP contribution is 2.38. The van der Waals surface area contributed by atoms with E-state index >= 15 is 0 Å². The Morgan fingerprint density at radius 1 is 0.939 bits per heavy atom. The number of aliphatic carboxylic acids is 1. The molecule has 0 radical (unpaired) electrons. The van der Waals surface area contributed by atoms with Crippen LogP contribution in [-0.2, 0) is 20.8 Å². The summed E-state index contributed by atoms with van der Waals surface area (Å²) in [5, 5.41) is 8.93. The maximum Gasteiger partial charge on any atom is 0.341 e. The zero-order valence-corrected chi connectivity index (χ0v) is 18.3. The van der Waals surface area contributed by atoms with E-state index in [9.17, 15) is 9.59 Å². The molecule has 6 nitrogen and oxygen atoms in total. The van der Waals surface area contributed by atoms with Gasteiger partial charge in [0, 0.05) is 6.42 Å². The predicted octanol–water partition coefficient (Wildman–Crippen LogP) is 4.80. The number of rotatable bonds is 9. The molecule has 1 aliphatic carbocycles. The number of fused-ring (bicyclic) bond motifs is 1. The van der Waals surface area contributed by atoms with Gasteiger partial charge in [0.2, 0.25) is 5.91 Å². The average Bonchev–Trinajstić information content (AvgIpc) is 2.84. The minimum Gasteiger partial charge on any atom is -0.482 e. The molecule has 6 heteroatoms. The SMILES string of the molecule is O=C(O)COc1cccc2c1CCCC2CC(=O)NOC(c1ccccc1)c1ccccc1. The first-order valence-electron chi connectivity index (χ1n) is 11.1. The zero-order chi connectivity index (χ0) is 23.0. The Hall–Kier alpha value is -3.64. The van der Waals surface area contributed by atoms with Gasteiger partial charge in [-0.3, -0.25) is 9.63 Å². The van der Waals surface area contributed by atoms with Crippen LogP contribution in [0.15, 0.2) is 78.9 Å². The Labute approximate surface area is 193 Å². The van der Waals surface area contributed by atoms with E-state index in [1.54, 1.807) is 6.07 Å². The quantitative estimate of drug-likeness (QED) is 0.462. The number of ether oxygens (including phenoxy) is 1. The van der Waals surface area contributed by atoms with Crippen molar-refractivity contribution < 1.29 is 24.3 Å². The van der Waals surface area contributed by atoms with Crippen molar-refractivity contribution in [3.05, 3.63) is 101 Å². The standard InChI is InChI=1S/C27H27NO5/c29-25(28-33-27(19-9-3-1-4-10-19)20-11-5-2-6-12-20)17-21-13-7-15-23-22(21)14-8-16-24(23)32-18-26(30)31/h1-6,8-12,14,16,21,27H,7,13,15,17-18H2,(H,28,29)(H,30,31). The monoisotopic (exact) mass is 445 g/mol. The average molecular weight is 446 g/mol. The van der Waals surface area contributed by atoms with Crippen LogP contribution in [0.3, 0.4) is 0 Å². The highest BCUT2D eigenvalue weighted by molar-refractivity contribution is 5.76. The molecule has 33 heavy (non-hydrogen) atoms. The number of carbonyl (C=O) groups is 2. The van der Waals surface area contributed by atoms with E-state index in [0.717, 1.165) is 41.5 Å². The number of amides is 1. The van der Waals surface area contributed by atoms with Crippen molar-refractivity contribution in [1.82, 2.24) is 5.48 Å². The number of nitrogens with one attached hydrogen (secondary N) is 1. The van der Waals surface area contributed by atoms with Crippen LogP contribution >= 0.6 is 0 Å². The Bertz CT molecular complexity index is 1040. The third-order valence-electron chi connectivity index (χ3n) is 5.87. The topological polar surface area (TPSA) is 84.9 Å². The van der Waals surface area contributed by atoms with Crippen molar-refractivity contribution in [2.75, 3.05) is 6.61 Å². The summed E-state index contributed by atoms with van der Waals surface area (Å²) in [4.78, 5) is 29.6. The van der Waals surface area contributed by atoms with Crippen LogP contribution in [0.2, 0.25) is 0 Å². The van der Waals surface area contributed by atoms with Gasteiger partial charge in [-0.25, -0.2) is 10.3 Å². The lowest BCUT2D eigenvalue weighted by Gasteiger charge is -2.27. The molecule has 0 aromatic heterocycles. The van der Waals surface area contributed by atoms with Gasteiger partial charge in [0.05, 0.1) is 0 Å². The van der Waals surface area contributed by atoms with Crippen LogP contribution in [0.5, 0.6) is 5.75 Å². The van der Waals surface area contributed by atoms with E-state index in [0.29, 0.717) is 5.75 Å². The molecule has 1 amide bonds. The number of carbonyl (C=O) groups excluding carboxylic acids is 1. The van der Waals surface area contributed by atoms with Gasteiger partial charge in [0.25, 0.3) is 0 Å². The molecule has 0 spiro atoms. The van der Waals surface area contributed by atoms with Crippen molar-refractivity contribution >= 4 is 11.9 Å². The molecule has 0 aliphatic heterocycles. The fourth-order valence-corrected chi connectivity index (χ4v) is 4.37. The molecule has 0 saturated carbocycles. The second kappa shape index (κ2) is 10.8. The van der Waals surface area contributed by atoms with E-state index in [1.165, 1.54) is 0 Å². The maximum atomic E-state index is 12.8. The van der Waals surface area contributed by atoms with E-state index in [2.05, 4.69) is 5.48 Å². The number of hydrogen-bond acceptors (Lipinski definition) is 4. The lowest BCUT2D eigenvalue weighted by Crippen LogP contribution is -2.28. The molecular formula is C27H27NO5. The van der Waals surface area contributed by atoms with Gasteiger partial charge in [0.15, 0.2) is 6.61 Å². The van der Waals surface area contributed by atoms with Gasteiger partial charge in [-0.05, 0) is 53.5 Å². The first kappa shape index (κ1) is 22.6.